The molecule has 0 aliphatic heterocycles. The number of benzene rings is 4. The van der Waals surface area contributed by atoms with Gasteiger partial charge in [0.05, 0.1) is 34.1 Å². The summed E-state index contributed by atoms with van der Waals surface area (Å²) in [4.78, 5) is 19.2. The summed E-state index contributed by atoms with van der Waals surface area (Å²) in [5, 5.41) is 2.06. The number of methoxy groups -OCH3 is 1. The number of nitrogens with two attached hydrogens (primary N) is 2. The van der Waals surface area contributed by atoms with E-state index in [-0.39, 0.29) is 9.79 Å². The van der Waals surface area contributed by atoms with E-state index < -0.39 is 20.0 Å². The van der Waals surface area contributed by atoms with E-state index in [4.69, 9.17) is 26.2 Å². The molecular weight excluding hydrogens is 953 g/mol. The monoisotopic (exact) mass is 1010 g/mol. The van der Waals surface area contributed by atoms with Crippen LogP contribution >= 0.6 is 15.9 Å². The first-order valence-corrected chi connectivity index (χ1v) is 26.6. The number of unbranched alkanes of at least 4 members (excludes halogenated alkanes) is 4. The van der Waals surface area contributed by atoms with Gasteiger partial charge in [0.2, 0.25) is 20.0 Å². The average Bonchev–Trinajstić information content (AvgIpc) is 3.89. The lowest BCUT2D eigenvalue weighted by molar-refractivity contribution is 0.402. The summed E-state index contributed by atoms with van der Waals surface area (Å²) < 4.78 is 66.3. The van der Waals surface area contributed by atoms with Crippen molar-refractivity contribution in [1.82, 2.24) is 38.5 Å². The first-order valence-electron chi connectivity index (χ1n) is 22.8. The molecule has 18 heteroatoms. The van der Waals surface area contributed by atoms with Crippen LogP contribution in [0.4, 0.5) is 11.6 Å². The van der Waals surface area contributed by atoms with Gasteiger partial charge in [-0.05, 0) is 81.0 Å². The van der Waals surface area contributed by atoms with E-state index in [0.717, 1.165) is 120 Å². The number of hydrogen-bond donors (Lipinski definition) is 4. The minimum Gasteiger partial charge on any atom is -0.495 e. The highest BCUT2D eigenvalue weighted by Crippen LogP contribution is 2.32. The lowest BCUT2D eigenvalue weighted by Gasteiger charge is -2.13. The highest BCUT2D eigenvalue weighted by Gasteiger charge is 2.21. The van der Waals surface area contributed by atoms with E-state index in [9.17, 15) is 16.8 Å². The van der Waals surface area contributed by atoms with Crippen LogP contribution in [0.5, 0.6) is 5.75 Å². The number of nitrogen functional groups attached to an aromatic ring is 2. The molecule has 8 rings (SSSR count). The van der Waals surface area contributed by atoms with E-state index in [0.29, 0.717) is 47.9 Å². The fourth-order valence-electron chi connectivity index (χ4n) is 8.17. The zero-order valence-electron chi connectivity index (χ0n) is 38.2. The summed E-state index contributed by atoms with van der Waals surface area (Å²) in [5.41, 5.74) is 17.7. The van der Waals surface area contributed by atoms with Crippen LogP contribution in [0.2, 0.25) is 0 Å². The van der Waals surface area contributed by atoms with E-state index in [1.807, 2.05) is 42.5 Å². The number of pyridine rings is 2. The molecule has 4 heterocycles. The number of nitrogens with one attached hydrogen (secondary N) is 2. The van der Waals surface area contributed by atoms with E-state index in [1.54, 1.807) is 48.5 Å². The summed E-state index contributed by atoms with van der Waals surface area (Å²) in [6.45, 7) is 6.49. The Morgan fingerprint density at radius 1 is 0.597 bits per heavy atom. The molecule has 0 spiro atoms. The summed E-state index contributed by atoms with van der Waals surface area (Å²) >= 11 is 3.33. The summed E-state index contributed by atoms with van der Waals surface area (Å²) in [6.07, 6.45) is 8.94. The second-order valence-corrected chi connectivity index (χ2v) is 20.7. The van der Waals surface area contributed by atoms with Gasteiger partial charge in [-0.15, -0.1) is 0 Å². The molecule has 0 saturated heterocycles. The summed E-state index contributed by atoms with van der Waals surface area (Å²) in [5.74, 6) is 3.20. The Morgan fingerprint density at radius 3 is 1.57 bits per heavy atom. The SMILES string of the molecule is CCCCc1nc2c(N)nc3ccccc3c2n1CCCCNS(=O)(=O)c1cc(Br)ccc1OC.CCCCc1nc2c(N)nc3ccccc3c2n1CCCCNS(=O)(=O)c1ccccc1. The summed E-state index contributed by atoms with van der Waals surface area (Å²) in [6, 6.07) is 29.3. The van der Waals surface area contributed by atoms with E-state index in [1.165, 1.54) is 7.11 Å². The lowest BCUT2D eigenvalue weighted by atomic mass is 10.2. The van der Waals surface area contributed by atoms with Crippen LogP contribution in [0.25, 0.3) is 43.9 Å². The number of sulfonamides is 2. The van der Waals surface area contributed by atoms with Crippen LogP contribution in [-0.2, 0) is 46.0 Å². The minimum absolute atomic E-state index is 0.117. The maximum atomic E-state index is 12.8. The van der Waals surface area contributed by atoms with Gasteiger partial charge in [0, 0.05) is 54.3 Å². The second kappa shape index (κ2) is 22.4. The molecule has 0 saturated carbocycles. The van der Waals surface area contributed by atoms with Gasteiger partial charge >= 0.3 is 0 Å². The lowest BCUT2D eigenvalue weighted by Crippen LogP contribution is -2.25. The molecule has 67 heavy (non-hydrogen) atoms. The standard InChI is InChI=1S/C25H30BrN5O3S.C24H29N5O2S/c1-3-4-11-22-30-23-24(18-9-5-6-10-19(18)29-25(23)27)31(22)15-8-7-14-28-35(32,33)21-16-17(26)12-13-20(21)34-2;1-2-3-15-21-28-22-23(19-13-7-8-14-20(19)27-24(22)25)29(21)17-10-9-16-26-32(30,31)18-11-5-4-6-12-18/h5-6,9-10,12-13,16,28H,3-4,7-8,11,14-15H2,1-2H3,(H2,27,29);4-8,11-14,26H,2-3,9-10,15-17H2,1H3,(H2,25,27). The van der Waals surface area contributed by atoms with Crippen LogP contribution < -0.4 is 25.6 Å². The predicted octanol–water partition coefficient (Wildman–Crippen LogP) is 9.31. The Bertz CT molecular complexity index is 3200. The smallest absolute Gasteiger partial charge is 0.244 e. The molecule has 4 aromatic carbocycles. The fourth-order valence-corrected chi connectivity index (χ4v) is 11.0. The number of aryl methyl sites for hydroxylation is 4. The molecule has 0 fully saturated rings. The first kappa shape index (κ1) is 49.3. The molecule has 0 atom stereocenters. The third-order valence-corrected chi connectivity index (χ3v) is 15.0. The van der Waals surface area contributed by atoms with Crippen molar-refractivity contribution in [2.75, 3.05) is 31.7 Å². The molecule has 0 radical (unpaired) electrons. The average molecular weight is 1010 g/mol. The van der Waals surface area contributed by atoms with Crippen molar-refractivity contribution in [3.8, 4) is 5.75 Å². The van der Waals surface area contributed by atoms with Gasteiger partial charge in [-0.3, -0.25) is 0 Å². The molecular formula is C49H59BrN10O5S2. The molecule has 354 valence electrons. The predicted molar refractivity (Wildman–Crippen MR) is 272 cm³/mol. The minimum atomic E-state index is -3.70. The molecule has 15 nitrogen and oxygen atoms in total. The molecule has 0 unspecified atom stereocenters. The summed E-state index contributed by atoms with van der Waals surface area (Å²) in [7, 11) is -5.72. The second-order valence-electron chi connectivity index (χ2n) is 16.3. The Labute approximate surface area is 401 Å². The zero-order valence-corrected chi connectivity index (χ0v) is 41.4. The Hall–Kier alpha value is -5.66. The molecule has 6 N–H and O–H groups in total. The number of rotatable bonds is 21. The molecule has 0 amide bonds. The number of hydrogen-bond acceptors (Lipinski definition) is 11. The number of halogens is 1. The van der Waals surface area contributed by atoms with Crippen LogP contribution in [-0.4, -0.2) is 66.1 Å². The largest absolute Gasteiger partial charge is 0.495 e. The normalized spacial score (nSPS) is 12.0. The van der Waals surface area contributed by atoms with Crippen molar-refractivity contribution in [3.05, 3.63) is 113 Å². The number of imidazole rings is 2. The Balaban J connectivity index is 0.000000200. The number of fused-ring (bicyclic) bond motifs is 6. The first-order chi connectivity index (χ1) is 32.4. The van der Waals surface area contributed by atoms with Gasteiger partial charge in [0.15, 0.2) is 11.6 Å². The van der Waals surface area contributed by atoms with Crippen LogP contribution in [0.1, 0.15) is 76.9 Å². The van der Waals surface area contributed by atoms with Crippen molar-refractivity contribution < 1.29 is 21.6 Å². The van der Waals surface area contributed by atoms with Crippen LogP contribution in [0, 0.1) is 0 Å². The van der Waals surface area contributed by atoms with Crippen LogP contribution in [0.3, 0.4) is 0 Å². The number of anilines is 2. The van der Waals surface area contributed by atoms with E-state index in [2.05, 4.69) is 64.4 Å². The van der Waals surface area contributed by atoms with Gasteiger partial charge in [-0.2, -0.15) is 0 Å². The van der Waals surface area contributed by atoms with Crippen molar-refractivity contribution in [2.24, 2.45) is 0 Å². The number of aromatic nitrogens is 6. The third kappa shape index (κ3) is 11.6. The Kier molecular flexibility index (Phi) is 16.5. The molecule has 4 aromatic heterocycles. The van der Waals surface area contributed by atoms with Crippen molar-refractivity contribution >= 4 is 91.5 Å². The number of ether oxygens (including phenoxy) is 1. The highest BCUT2D eigenvalue weighted by atomic mass is 79.9. The quantitative estimate of drug-likeness (QED) is 0.0498. The molecule has 0 aliphatic carbocycles. The van der Waals surface area contributed by atoms with Gasteiger partial charge in [0.1, 0.15) is 33.3 Å². The molecule has 0 aliphatic rings. The zero-order chi connectivity index (χ0) is 47.6. The third-order valence-electron chi connectivity index (χ3n) is 11.6. The fraction of sp³-hybridized carbons (Fsp3) is 0.347. The van der Waals surface area contributed by atoms with Crippen LogP contribution in [0.15, 0.2) is 111 Å². The number of para-hydroxylation sites is 2. The van der Waals surface area contributed by atoms with Gasteiger partial charge in [0.25, 0.3) is 0 Å². The van der Waals surface area contributed by atoms with Gasteiger partial charge < -0.3 is 25.3 Å². The molecule has 0 bridgehead atoms. The maximum Gasteiger partial charge on any atom is 0.244 e. The van der Waals surface area contributed by atoms with Gasteiger partial charge in [-0.1, -0.05) is 97.2 Å². The molecule has 8 aromatic rings. The maximum absolute atomic E-state index is 12.8. The van der Waals surface area contributed by atoms with Gasteiger partial charge in [-0.25, -0.2) is 46.2 Å². The van der Waals surface area contributed by atoms with Crippen molar-refractivity contribution in [1.29, 1.82) is 0 Å². The Morgan fingerprint density at radius 2 is 1.07 bits per heavy atom. The highest BCUT2D eigenvalue weighted by molar-refractivity contribution is 9.10. The van der Waals surface area contributed by atoms with Crippen molar-refractivity contribution in [2.45, 2.75) is 101 Å². The van der Waals surface area contributed by atoms with E-state index >= 15 is 0 Å². The number of nitrogens with zero attached hydrogens (tertiary/aromatic N) is 6. The van der Waals surface area contributed by atoms with Crippen molar-refractivity contribution in [3.63, 3.8) is 0 Å². The topological polar surface area (TPSA) is 215 Å².